The van der Waals surface area contributed by atoms with Crippen LogP contribution in [-0.4, -0.2) is 9.97 Å². The summed E-state index contributed by atoms with van der Waals surface area (Å²) in [5.74, 6) is 0. The van der Waals surface area contributed by atoms with Crippen LogP contribution >= 0.6 is 22.9 Å². The second-order valence-corrected chi connectivity index (χ2v) is 5.47. The second kappa shape index (κ2) is 4.71. The van der Waals surface area contributed by atoms with Crippen molar-refractivity contribution in [3.8, 4) is 10.4 Å². The van der Waals surface area contributed by atoms with Crippen LogP contribution in [0.5, 0.6) is 0 Å². The first-order valence-electron chi connectivity index (χ1n) is 5.53. The molecular weight excluding hydrogens is 309 g/mol. The highest BCUT2D eigenvalue weighted by Crippen LogP contribution is 2.36. The molecule has 0 aliphatic carbocycles. The van der Waals surface area contributed by atoms with E-state index in [-0.39, 0.29) is 0 Å². The van der Waals surface area contributed by atoms with Crippen LogP contribution in [0, 0.1) is 0 Å². The van der Waals surface area contributed by atoms with E-state index >= 15 is 0 Å². The Kier molecular flexibility index (Phi) is 3.14. The molecule has 0 N–H and O–H groups in total. The maximum atomic E-state index is 12.5. The number of thiophene rings is 1. The third-order valence-electron chi connectivity index (χ3n) is 2.76. The van der Waals surface area contributed by atoms with E-state index in [2.05, 4.69) is 9.97 Å². The standard InChI is InChI=1S/C13H6ClF3N2S/c14-12-11-9(18-6-19-12)5-10(20-11)7-1-3-8(4-2-7)13(15,16)17/h1-6H. The molecule has 20 heavy (non-hydrogen) atoms. The van der Waals surface area contributed by atoms with E-state index in [0.29, 0.717) is 16.2 Å². The van der Waals surface area contributed by atoms with Gasteiger partial charge in [-0.2, -0.15) is 13.2 Å². The van der Waals surface area contributed by atoms with Gasteiger partial charge in [-0.3, -0.25) is 0 Å². The number of fused-ring (bicyclic) bond motifs is 1. The van der Waals surface area contributed by atoms with E-state index in [1.807, 2.05) is 0 Å². The summed E-state index contributed by atoms with van der Waals surface area (Å²) in [6.07, 6.45) is -2.97. The molecule has 102 valence electrons. The molecule has 0 saturated heterocycles. The van der Waals surface area contributed by atoms with Crippen LogP contribution in [0.4, 0.5) is 13.2 Å². The van der Waals surface area contributed by atoms with Crippen molar-refractivity contribution in [1.29, 1.82) is 0 Å². The van der Waals surface area contributed by atoms with Gasteiger partial charge in [-0.1, -0.05) is 23.7 Å². The Labute approximate surface area is 120 Å². The Balaban J connectivity index is 2.05. The maximum Gasteiger partial charge on any atom is 0.416 e. The minimum absolute atomic E-state index is 0.346. The Morgan fingerprint density at radius 2 is 1.75 bits per heavy atom. The zero-order valence-electron chi connectivity index (χ0n) is 9.78. The van der Waals surface area contributed by atoms with Crippen molar-refractivity contribution in [2.24, 2.45) is 0 Å². The van der Waals surface area contributed by atoms with Gasteiger partial charge < -0.3 is 0 Å². The van der Waals surface area contributed by atoms with Crippen LogP contribution in [0.1, 0.15) is 5.56 Å². The molecule has 0 aliphatic heterocycles. The van der Waals surface area contributed by atoms with Crippen molar-refractivity contribution in [1.82, 2.24) is 9.97 Å². The third kappa shape index (κ3) is 2.36. The smallest absolute Gasteiger partial charge is 0.235 e. The second-order valence-electron chi connectivity index (χ2n) is 4.06. The molecule has 0 amide bonds. The minimum atomic E-state index is -4.33. The molecule has 0 bridgehead atoms. The van der Waals surface area contributed by atoms with Crippen LogP contribution in [0.15, 0.2) is 36.7 Å². The minimum Gasteiger partial charge on any atom is -0.235 e. The summed E-state index contributed by atoms with van der Waals surface area (Å²) >= 11 is 7.31. The molecule has 0 spiro atoms. The first kappa shape index (κ1) is 13.3. The number of alkyl halides is 3. The number of aromatic nitrogens is 2. The Hall–Kier alpha value is -1.66. The van der Waals surface area contributed by atoms with E-state index in [1.165, 1.54) is 29.8 Å². The number of benzene rings is 1. The highest BCUT2D eigenvalue weighted by molar-refractivity contribution is 7.22. The molecule has 2 aromatic heterocycles. The van der Waals surface area contributed by atoms with Crippen molar-refractivity contribution in [2.45, 2.75) is 6.18 Å². The molecule has 0 saturated carbocycles. The summed E-state index contributed by atoms with van der Waals surface area (Å²) in [6, 6.07) is 6.79. The van der Waals surface area contributed by atoms with Gasteiger partial charge in [-0.05, 0) is 23.8 Å². The Bertz CT molecular complexity index is 765. The lowest BCUT2D eigenvalue weighted by atomic mass is 10.1. The monoisotopic (exact) mass is 314 g/mol. The van der Waals surface area contributed by atoms with Gasteiger partial charge in [0.1, 0.15) is 11.5 Å². The highest BCUT2D eigenvalue weighted by atomic mass is 35.5. The van der Waals surface area contributed by atoms with Crippen LogP contribution < -0.4 is 0 Å². The van der Waals surface area contributed by atoms with Gasteiger partial charge in [0.2, 0.25) is 0 Å². The molecular formula is C13H6ClF3N2S. The van der Waals surface area contributed by atoms with E-state index in [4.69, 9.17) is 11.6 Å². The van der Waals surface area contributed by atoms with Gasteiger partial charge in [-0.15, -0.1) is 11.3 Å². The molecule has 2 nitrogen and oxygen atoms in total. The van der Waals surface area contributed by atoms with Crippen molar-refractivity contribution in [3.05, 3.63) is 47.4 Å². The molecule has 0 radical (unpaired) electrons. The molecule has 0 aliphatic rings. The number of hydrogen-bond donors (Lipinski definition) is 0. The molecule has 0 unspecified atom stereocenters. The molecule has 7 heteroatoms. The number of hydrogen-bond acceptors (Lipinski definition) is 3. The maximum absolute atomic E-state index is 12.5. The fourth-order valence-electron chi connectivity index (χ4n) is 1.79. The van der Waals surface area contributed by atoms with Crippen molar-refractivity contribution in [3.63, 3.8) is 0 Å². The predicted octanol–water partition coefficient (Wildman–Crippen LogP) is 5.03. The topological polar surface area (TPSA) is 25.8 Å². The SMILES string of the molecule is FC(F)(F)c1ccc(-c2cc3ncnc(Cl)c3s2)cc1. The fourth-order valence-corrected chi connectivity index (χ4v) is 3.04. The highest BCUT2D eigenvalue weighted by Gasteiger charge is 2.30. The van der Waals surface area contributed by atoms with E-state index < -0.39 is 11.7 Å². The normalized spacial score (nSPS) is 12.0. The van der Waals surface area contributed by atoms with Crippen LogP contribution in [0.2, 0.25) is 5.15 Å². The molecule has 0 fully saturated rings. The summed E-state index contributed by atoms with van der Waals surface area (Å²) in [6.45, 7) is 0. The third-order valence-corrected chi connectivity index (χ3v) is 4.34. The van der Waals surface area contributed by atoms with Crippen LogP contribution in [0.25, 0.3) is 20.7 Å². The molecule has 3 rings (SSSR count). The zero-order valence-corrected chi connectivity index (χ0v) is 11.4. The van der Waals surface area contributed by atoms with Crippen LogP contribution in [-0.2, 0) is 6.18 Å². The largest absolute Gasteiger partial charge is 0.416 e. The Morgan fingerprint density at radius 1 is 1.05 bits per heavy atom. The first-order valence-corrected chi connectivity index (χ1v) is 6.72. The number of nitrogens with zero attached hydrogens (tertiary/aromatic N) is 2. The molecule has 1 aromatic carbocycles. The molecule has 0 atom stereocenters. The lowest BCUT2D eigenvalue weighted by molar-refractivity contribution is -0.137. The fraction of sp³-hybridized carbons (Fsp3) is 0.0769. The van der Waals surface area contributed by atoms with E-state index in [1.54, 1.807) is 6.07 Å². The van der Waals surface area contributed by atoms with Crippen molar-refractivity contribution >= 4 is 33.2 Å². The summed E-state index contributed by atoms with van der Waals surface area (Å²) in [4.78, 5) is 8.76. The van der Waals surface area contributed by atoms with Crippen LogP contribution in [0.3, 0.4) is 0 Å². The summed E-state index contributed by atoms with van der Waals surface area (Å²) < 4.78 is 38.3. The van der Waals surface area contributed by atoms with Gasteiger partial charge in [0.15, 0.2) is 0 Å². The average Bonchev–Trinajstić information content (AvgIpc) is 2.83. The van der Waals surface area contributed by atoms with Gasteiger partial charge in [-0.25, -0.2) is 9.97 Å². The van der Waals surface area contributed by atoms with Gasteiger partial charge >= 0.3 is 6.18 Å². The van der Waals surface area contributed by atoms with Gasteiger partial charge in [0.05, 0.1) is 15.8 Å². The quantitative estimate of drug-likeness (QED) is 0.589. The van der Waals surface area contributed by atoms with Gasteiger partial charge in [0.25, 0.3) is 0 Å². The predicted molar refractivity (Wildman–Crippen MR) is 72.9 cm³/mol. The molecule has 3 aromatic rings. The Morgan fingerprint density at radius 3 is 2.35 bits per heavy atom. The number of halogens is 4. The van der Waals surface area contributed by atoms with E-state index in [9.17, 15) is 13.2 Å². The van der Waals surface area contributed by atoms with Crippen molar-refractivity contribution in [2.75, 3.05) is 0 Å². The first-order chi connectivity index (χ1) is 9.45. The lowest BCUT2D eigenvalue weighted by Crippen LogP contribution is -2.03. The van der Waals surface area contributed by atoms with Crippen molar-refractivity contribution < 1.29 is 13.2 Å². The summed E-state index contributed by atoms with van der Waals surface area (Å²) in [5.41, 5.74) is 0.710. The summed E-state index contributed by atoms with van der Waals surface area (Å²) in [5, 5.41) is 0.346. The number of rotatable bonds is 1. The zero-order chi connectivity index (χ0) is 14.3. The van der Waals surface area contributed by atoms with E-state index in [0.717, 1.165) is 21.7 Å². The van der Waals surface area contributed by atoms with Gasteiger partial charge in [0, 0.05) is 4.88 Å². The lowest BCUT2D eigenvalue weighted by Gasteiger charge is -2.06. The summed E-state index contributed by atoms with van der Waals surface area (Å²) in [7, 11) is 0. The molecule has 2 heterocycles. The average molecular weight is 315 g/mol.